The van der Waals surface area contributed by atoms with Gasteiger partial charge in [-0.05, 0) is 13.8 Å². The highest BCUT2D eigenvalue weighted by Crippen LogP contribution is 2.12. The fourth-order valence-corrected chi connectivity index (χ4v) is 0.859. The monoisotopic (exact) mass is 402 g/mol. The lowest BCUT2D eigenvalue weighted by Crippen LogP contribution is -2.37. The van der Waals surface area contributed by atoms with Crippen molar-refractivity contribution in [2.24, 2.45) is 10.8 Å². The van der Waals surface area contributed by atoms with Crippen LogP contribution in [0.15, 0.2) is 11.8 Å². The van der Waals surface area contributed by atoms with Crippen LogP contribution in [0.4, 0.5) is 0 Å². The maximum Gasteiger partial charge on any atom is 0.334 e. The van der Waals surface area contributed by atoms with E-state index in [4.69, 9.17) is 50.7 Å². The lowest BCUT2D eigenvalue weighted by atomic mass is 9.93. The van der Waals surface area contributed by atoms with Crippen LogP contribution < -0.4 is 0 Å². The first-order chi connectivity index (χ1) is 12.7. The van der Waals surface area contributed by atoms with Crippen molar-refractivity contribution in [3.63, 3.8) is 0 Å². The SMILES string of the molecule is CCOC=C(C)C(=O)O.OCC(CO)(CO)CO.OCC(CO)(CO)CO. The Kier molecular flexibility index (Phi) is 20.4. The lowest BCUT2D eigenvalue weighted by molar-refractivity contribution is -0.132. The van der Waals surface area contributed by atoms with Gasteiger partial charge < -0.3 is 50.7 Å². The molecule has 11 nitrogen and oxygen atoms in total. The fourth-order valence-electron chi connectivity index (χ4n) is 0.859. The molecule has 0 rings (SSSR count). The zero-order chi connectivity index (χ0) is 21.9. The second-order valence-corrected chi connectivity index (χ2v) is 5.83. The van der Waals surface area contributed by atoms with Crippen molar-refractivity contribution in [2.45, 2.75) is 13.8 Å². The topological polar surface area (TPSA) is 208 Å². The van der Waals surface area contributed by atoms with Gasteiger partial charge in [0, 0.05) is 0 Å². The van der Waals surface area contributed by atoms with Gasteiger partial charge in [0.05, 0.1) is 82.1 Å². The van der Waals surface area contributed by atoms with E-state index in [-0.39, 0.29) is 5.57 Å². The molecule has 0 aliphatic heterocycles. The summed E-state index contributed by atoms with van der Waals surface area (Å²) in [5.74, 6) is -0.941. The summed E-state index contributed by atoms with van der Waals surface area (Å²) >= 11 is 0. The highest BCUT2D eigenvalue weighted by Gasteiger charge is 2.27. The summed E-state index contributed by atoms with van der Waals surface area (Å²) in [6.45, 7) is 0.536. The van der Waals surface area contributed by atoms with Crippen molar-refractivity contribution in [2.75, 3.05) is 59.5 Å². The third-order valence-electron chi connectivity index (χ3n) is 3.45. The van der Waals surface area contributed by atoms with Gasteiger partial charge in [0.2, 0.25) is 0 Å². The first-order valence-electron chi connectivity index (χ1n) is 8.06. The Bertz CT molecular complexity index is 322. The molecule has 0 aromatic rings. The Morgan fingerprint density at radius 1 is 0.741 bits per heavy atom. The first-order valence-corrected chi connectivity index (χ1v) is 8.06. The van der Waals surface area contributed by atoms with Gasteiger partial charge in [0.25, 0.3) is 0 Å². The van der Waals surface area contributed by atoms with Crippen molar-refractivity contribution < 1.29 is 55.5 Å². The molecule has 0 aromatic heterocycles. The minimum Gasteiger partial charge on any atom is -0.501 e. The number of aliphatic hydroxyl groups excluding tert-OH is 8. The minimum absolute atomic E-state index is 0.219. The standard InChI is InChI=1S/C6H10O3.2C5H12O4/c1-3-9-4-5(2)6(7)8;2*6-1-5(2-7,3-8)4-9/h4H,3H2,1-2H3,(H,7,8);2*6-9H,1-4H2. The number of carboxylic acid groups (broad SMARTS) is 1. The molecule has 0 spiro atoms. The van der Waals surface area contributed by atoms with Gasteiger partial charge in [-0.2, -0.15) is 0 Å². The molecular weight excluding hydrogens is 368 g/mol. The second kappa shape index (κ2) is 18.1. The number of carbonyl (C=O) groups is 1. The van der Waals surface area contributed by atoms with E-state index in [0.717, 1.165) is 0 Å². The molecular formula is C16H34O11. The molecule has 27 heavy (non-hydrogen) atoms. The van der Waals surface area contributed by atoms with E-state index in [9.17, 15) is 4.79 Å². The van der Waals surface area contributed by atoms with E-state index in [1.807, 2.05) is 0 Å². The van der Waals surface area contributed by atoms with Crippen LogP contribution in [0.25, 0.3) is 0 Å². The average Bonchev–Trinajstić information content (AvgIpc) is 2.71. The lowest BCUT2D eigenvalue weighted by Gasteiger charge is -2.23. The van der Waals surface area contributed by atoms with E-state index in [2.05, 4.69) is 0 Å². The van der Waals surface area contributed by atoms with Crippen LogP contribution in [0.5, 0.6) is 0 Å². The zero-order valence-electron chi connectivity index (χ0n) is 15.8. The van der Waals surface area contributed by atoms with Gasteiger partial charge in [-0.1, -0.05) is 0 Å². The van der Waals surface area contributed by atoms with Crippen LogP contribution >= 0.6 is 0 Å². The number of hydrogen-bond acceptors (Lipinski definition) is 10. The molecule has 0 aromatic carbocycles. The van der Waals surface area contributed by atoms with Crippen molar-refractivity contribution in [1.29, 1.82) is 0 Å². The van der Waals surface area contributed by atoms with Gasteiger partial charge in [-0.25, -0.2) is 4.79 Å². The molecule has 0 aliphatic carbocycles. The number of hydrogen-bond donors (Lipinski definition) is 9. The summed E-state index contributed by atoms with van der Waals surface area (Å²) in [6, 6.07) is 0. The summed E-state index contributed by atoms with van der Waals surface area (Å²) in [4.78, 5) is 10.1. The highest BCUT2D eigenvalue weighted by atomic mass is 16.5. The van der Waals surface area contributed by atoms with E-state index < -0.39 is 69.7 Å². The molecule has 0 heterocycles. The summed E-state index contributed by atoms with van der Waals surface area (Å²) in [6.07, 6.45) is 1.24. The number of ether oxygens (including phenoxy) is 1. The zero-order valence-corrected chi connectivity index (χ0v) is 15.8. The van der Waals surface area contributed by atoms with Crippen LogP contribution in [0.3, 0.4) is 0 Å². The van der Waals surface area contributed by atoms with Crippen molar-refractivity contribution >= 4 is 5.97 Å². The van der Waals surface area contributed by atoms with Crippen LogP contribution in [0.1, 0.15) is 13.8 Å². The predicted molar refractivity (Wildman–Crippen MR) is 94.6 cm³/mol. The second-order valence-electron chi connectivity index (χ2n) is 5.83. The van der Waals surface area contributed by atoms with E-state index in [1.165, 1.54) is 13.2 Å². The smallest absolute Gasteiger partial charge is 0.334 e. The molecule has 11 heteroatoms. The van der Waals surface area contributed by atoms with Crippen molar-refractivity contribution in [3.8, 4) is 0 Å². The van der Waals surface area contributed by atoms with Crippen LogP contribution in [0, 0.1) is 10.8 Å². The van der Waals surface area contributed by atoms with Gasteiger partial charge in [0.15, 0.2) is 0 Å². The summed E-state index contributed by atoms with van der Waals surface area (Å²) in [5.41, 5.74) is -2.00. The molecule has 0 atom stereocenters. The maximum absolute atomic E-state index is 10.1. The predicted octanol–water partition coefficient (Wildman–Crippen LogP) is -3.10. The van der Waals surface area contributed by atoms with Crippen LogP contribution in [-0.2, 0) is 9.53 Å². The van der Waals surface area contributed by atoms with E-state index in [0.29, 0.717) is 6.61 Å². The third kappa shape index (κ3) is 13.5. The Morgan fingerprint density at radius 3 is 1.11 bits per heavy atom. The van der Waals surface area contributed by atoms with Gasteiger partial charge in [-0.3, -0.25) is 0 Å². The van der Waals surface area contributed by atoms with Gasteiger partial charge in [0.1, 0.15) is 0 Å². The third-order valence-corrected chi connectivity index (χ3v) is 3.45. The summed E-state index contributed by atoms with van der Waals surface area (Å²) in [7, 11) is 0. The molecule has 0 aliphatic rings. The molecule has 0 bridgehead atoms. The number of aliphatic hydroxyl groups is 8. The molecule has 164 valence electrons. The molecule has 0 amide bonds. The first kappa shape index (κ1) is 30.4. The number of aliphatic carboxylic acids is 1. The minimum atomic E-state index is -1.11. The van der Waals surface area contributed by atoms with Crippen molar-refractivity contribution in [3.05, 3.63) is 11.8 Å². The molecule has 0 unspecified atom stereocenters. The summed E-state index contributed by atoms with van der Waals surface area (Å²) in [5, 5.41) is 76.2. The van der Waals surface area contributed by atoms with E-state index >= 15 is 0 Å². The average molecular weight is 402 g/mol. The Labute approximate surface area is 158 Å². The summed E-state index contributed by atoms with van der Waals surface area (Å²) < 4.78 is 4.71. The Hall–Kier alpha value is -1.31. The van der Waals surface area contributed by atoms with Crippen molar-refractivity contribution in [1.82, 2.24) is 0 Å². The number of carboxylic acids is 1. The normalized spacial score (nSPS) is 11.7. The van der Waals surface area contributed by atoms with Crippen LogP contribution in [-0.4, -0.2) is 111 Å². The Morgan fingerprint density at radius 2 is 1.00 bits per heavy atom. The van der Waals surface area contributed by atoms with Gasteiger partial charge >= 0.3 is 5.97 Å². The quantitative estimate of drug-likeness (QED) is 0.125. The van der Waals surface area contributed by atoms with Gasteiger partial charge in [-0.15, -0.1) is 0 Å². The molecule has 0 saturated heterocycles. The molecule has 0 saturated carbocycles. The molecule has 0 fully saturated rings. The molecule has 9 N–H and O–H groups in total. The maximum atomic E-state index is 10.1. The fraction of sp³-hybridized carbons (Fsp3) is 0.812. The van der Waals surface area contributed by atoms with E-state index in [1.54, 1.807) is 6.92 Å². The largest absolute Gasteiger partial charge is 0.501 e. The number of rotatable bonds is 11. The van der Waals surface area contributed by atoms with Crippen LogP contribution in [0.2, 0.25) is 0 Å². The highest BCUT2D eigenvalue weighted by molar-refractivity contribution is 5.85. The Balaban J connectivity index is -0.000000320. The molecule has 0 radical (unpaired) electrons.